The van der Waals surface area contributed by atoms with Gasteiger partial charge >= 0.3 is 0 Å². The maximum Gasteiger partial charge on any atom is 0.264 e. The second-order valence-electron chi connectivity index (χ2n) is 4.57. The van der Waals surface area contributed by atoms with Gasteiger partial charge in [0.2, 0.25) is 5.91 Å². The molecule has 122 valence electrons. The van der Waals surface area contributed by atoms with Crippen molar-refractivity contribution in [3.8, 4) is 0 Å². The molecule has 1 N–H and O–H groups in total. The van der Waals surface area contributed by atoms with Gasteiger partial charge in [0.1, 0.15) is 6.54 Å². The number of carbonyl (C=O) groups excluding carboxylic acids is 2. The first-order valence-electron chi connectivity index (χ1n) is 6.70. The lowest BCUT2D eigenvalue weighted by Crippen LogP contribution is -2.37. The summed E-state index contributed by atoms with van der Waals surface area (Å²) in [5.74, 6) is -0.547. The number of carbonyl (C=O) groups is 2. The van der Waals surface area contributed by atoms with E-state index in [2.05, 4.69) is 21.2 Å². The van der Waals surface area contributed by atoms with Crippen LogP contribution in [0.1, 0.15) is 16.6 Å². The summed E-state index contributed by atoms with van der Waals surface area (Å²) in [5.41, 5.74) is 0.350. The fourth-order valence-electron chi connectivity index (χ4n) is 1.88. The Bertz CT molecular complexity index is 716. The maximum atomic E-state index is 12.4. The number of likely N-dealkylation sites (N-methyl/N-ethyl adjacent to an activating group) is 1. The number of anilines is 1. The van der Waals surface area contributed by atoms with Crippen LogP contribution in [0.5, 0.6) is 0 Å². The average Bonchev–Trinajstić information content (AvgIpc) is 2.94. The minimum absolute atomic E-state index is 0.0770. The lowest BCUT2D eigenvalue weighted by atomic mass is 10.3. The highest BCUT2D eigenvalue weighted by Gasteiger charge is 2.20. The van der Waals surface area contributed by atoms with E-state index in [9.17, 15) is 9.59 Å². The van der Waals surface area contributed by atoms with Gasteiger partial charge in [0, 0.05) is 6.54 Å². The third-order valence-corrected chi connectivity index (χ3v) is 5.26. The molecule has 0 atom stereocenters. The zero-order chi connectivity index (χ0) is 17.0. The van der Waals surface area contributed by atoms with Crippen molar-refractivity contribution in [1.82, 2.24) is 4.90 Å². The Balaban J connectivity index is 2.07. The van der Waals surface area contributed by atoms with Crippen LogP contribution < -0.4 is 5.32 Å². The highest BCUT2D eigenvalue weighted by molar-refractivity contribution is 9.11. The van der Waals surface area contributed by atoms with Crippen molar-refractivity contribution in [3.05, 3.63) is 49.0 Å². The summed E-state index contributed by atoms with van der Waals surface area (Å²) in [4.78, 5) is 26.6. The molecule has 0 spiro atoms. The van der Waals surface area contributed by atoms with Crippen molar-refractivity contribution in [2.24, 2.45) is 0 Å². The summed E-state index contributed by atoms with van der Waals surface area (Å²) in [6, 6.07) is 8.48. The lowest BCUT2D eigenvalue weighted by Gasteiger charge is -2.20. The fourth-order valence-corrected chi connectivity index (χ4v) is 3.73. The summed E-state index contributed by atoms with van der Waals surface area (Å²) in [7, 11) is 0. The lowest BCUT2D eigenvalue weighted by molar-refractivity contribution is -0.116. The van der Waals surface area contributed by atoms with Crippen LogP contribution in [0.25, 0.3) is 0 Å². The van der Waals surface area contributed by atoms with E-state index < -0.39 is 0 Å². The van der Waals surface area contributed by atoms with Crippen LogP contribution in [0.3, 0.4) is 0 Å². The molecule has 2 amide bonds. The molecule has 2 aromatic rings. The molecule has 0 unspecified atom stereocenters. The van der Waals surface area contributed by atoms with E-state index in [4.69, 9.17) is 23.2 Å². The maximum absolute atomic E-state index is 12.4. The molecule has 0 aliphatic heterocycles. The number of para-hydroxylation sites is 1. The van der Waals surface area contributed by atoms with Crippen molar-refractivity contribution in [3.63, 3.8) is 0 Å². The normalized spacial score (nSPS) is 10.4. The third kappa shape index (κ3) is 4.70. The van der Waals surface area contributed by atoms with Gasteiger partial charge < -0.3 is 10.2 Å². The van der Waals surface area contributed by atoms with Crippen molar-refractivity contribution < 1.29 is 9.59 Å². The molecule has 0 saturated carbocycles. The van der Waals surface area contributed by atoms with Gasteiger partial charge in [-0.2, -0.15) is 0 Å². The van der Waals surface area contributed by atoms with Crippen LogP contribution in [-0.4, -0.2) is 29.8 Å². The number of benzene rings is 1. The van der Waals surface area contributed by atoms with E-state index >= 15 is 0 Å². The Kier molecular flexibility index (Phi) is 6.47. The Morgan fingerprint density at radius 2 is 1.87 bits per heavy atom. The van der Waals surface area contributed by atoms with E-state index in [0.29, 0.717) is 27.2 Å². The number of nitrogens with zero attached hydrogens (tertiary/aromatic N) is 1. The number of nitrogens with one attached hydrogen (secondary N) is 1. The first-order chi connectivity index (χ1) is 10.9. The molecule has 0 radical (unpaired) electrons. The van der Waals surface area contributed by atoms with Crippen LogP contribution in [0, 0.1) is 0 Å². The molecular formula is C15H13BrCl2N2O2S. The van der Waals surface area contributed by atoms with Gasteiger partial charge in [0.05, 0.1) is 24.4 Å². The highest BCUT2D eigenvalue weighted by atomic mass is 79.9. The van der Waals surface area contributed by atoms with Crippen molar-refractivity contribution >= 4 is 68.0 Å². The molecule has 4 nitrogen and oxygen atoms in total. The van der Waals surface area contributed by atoms with E-state index in [1.165, 1.54) is 16.2 Å². The summed E-state index contributed by atoms with van der Waals surface area (Å²) in [5, 5.41) is 3.35. The molecule has 1 aromatic carbocycles. The minimum atomic E-state index is -0.356. The van der Waals surface area contributed by atoms with E-state index in [1.807, 2.05) is 6.92 Å². The smallest absolute Gasteiger partial charge is 0.264 e. The van der Waals surface area contributed by atoms with Gasteiger partial charge in [-0.05, 0) is 47.1 Å². The topological polar surface area (TPSA) is 49.4 Å². The average molecular weight is 436 g/mol. The van der Waals surface area contributed by atoms with Crippen LogP contribution in [0.15, 0.2) is 34.1 Å². The van der Waals surface area contributed by atoms with Gasteiger partial charge in [-0.3, -0.25) is 9.59 Å². The first kappa shape index (κ1) is 18.3. The number of hydrogen-bond donors (Lipinski definition) is 1. The van der Waals surface area contributed by atoms with Crippen molar-refractivity contribution in [1.29, 1.82) is 0 Å². The predicted molar refractivity (Wildman–Crippen MR) is 98.7 cm³/mol. The molecule has 0 aliphatic carbocycles. The number of rotatable bonds is 5. The Labute approximate surface area is 156 Å². The molecule has 0 aliphatic rings. The second-order valence-corrected chi connectivity index (χ2v) is 7.85. The largest absolute Gasteiger partial charge is 0.329 e. The van der Waals surface area contributed by atoms with E-state index in [-0.39, 0.29) is 18.4 Å². The molecule has 1 aromatic heterocycles. The van der Waals surface area contributed by atoms with Gasteiger partial charge in [-0.25, -0.2) is 0 Å². The van der Waals surface area contributed by atoms with E-state index in [0.717, 1.165) is 3.79 Å². The molecule has 0 saturated heterocycles. The highest BCUT2D eigenvalue weighted by Crippen LogP contribution is 2.29. The molecule has 23 heavy (non-hydrogen) atoms. The zero-order valence-corrected chi connectivity index (χ0v) is 16.0. The summed E-state index contributed by atoms with van der Waals surface area (Å²) in [6.45, 7) is 2.15. The number of hydrogen-bond acceptors (Lipinski definition) is 3. The standard InChI is InChI=1S/C15H13BrCl2N2O2S/c1-2-20(15(22)11-6-7-12(16)23-11)8-13(21)19-14-9(17)4-3-5-10(14)18/h3-7H,2,8H2,1H3,(H,19,21). The van der Waals surface area contributed by atoms with Crippen molar-refractivity contribution in [2.45, 2.75) is 6.92 Å². The zero-order valence-electron chi connectivity index (χ0n) is 12.1. The fraction of sp³-hybridized carbons (Fsp3) is 0.200. The SMILES string of the molecule is CCN(CC(=O)Nc1c(Cl)cccc1Cl)C(=O)c1ccc(Br)s1. The van der Waals surface area contributed by atoms with Crippen LogP contribution in [0.4, 0.5) is 5.69 Å². The Hall–Kier alpha value is -1.08. The van der Waals surface area contributed by atoms with Crippen LogP contribution in [0.2, 0.25) is 10.0 Å². The minimum Gasteiger partial charge on any atom is -0.329 e. The van der Waals surface area contributed by atoms with Crippen LogP contribution >= 0.6 is 50.5 Å². The first-order valence-corrected chi connectivity index (χ1v) is 9.07. The van der Waals surface area contributed by atoms with Gasteiger partial charge in [-0.1, -0.05) is 29.3 Å². The molecule has 8 heteroatoms. The molecule has 0 bridgehead atoms. The molecule has 1 heterocycles. The number of halogens is 3. The third-order valence-electron chi connectivity index (χ3n) is 3.01. The Morgan fingerprint density at radius 3 is 2.39 bits per heavy atom. The molecular weight excluding hydrogens is 423 g/mol. The molecule has 0 fully saturated rings. The number of amides is 2. The summed E-state index contributed by atoms with van der Waals surface area (Å²) < 4.78 is 0.865. The quantitative estimate of drug-likeness (QED) is 0.724. The van der Waals surface area contributed by atoms with Gasteiger partial charge in [0.15, 0.2) is 0 Å². The Morgan fingerprint density at radius 1 is 1.22 bits per heavy atom. The van der Waals surface area contributed by atoms with E-state index in [1.54, 1.807) is 30.3 Å². The summed E-state index contributed by atoms with van der Waals surface area (Å²) >= 11 is 16.7. The predicted octanol–water partition coefficient (Wildman–Crippen LogP) is 4.92. The van der Waals surface area contributed by atoms with Crippen molar-refractivity contribution in [2.75, 3.05) is 18.4 Å². The van der Waals surface area contributed by atoms with Gasteiger partial charge in [0.25, 0.3) is 5.91 Å². The second kappa shape index (κ2) is 8.15. The monoisotopic (exact) mass is 434 g/mol. The number of thiophene rings is 1. The summed E-state index contributed by atoms with van der Waals surface area (Å²) in [6.07, 6.45) is 0. The van der Waals surface area contributed by atoms with Crippen LogP contribution in [-0.2, 0) is 4.79 Å². The molecule has 2 rings (SSSR count). The van der Waals surface area contributed by atoms with Gasteiger partial charge in [-0.15, -0.1) is 11.3 Å².